The zero-order chi connectivity index (χ0) is 10.7. The minimum absolute atomic E-state index is 0.0870. The Morgan fingerprint density at radius 2 is 2.14 bits per heavy atom. The van der Waals surface area contributed by atoms with Crippen LogP contribution < -0.4 is 11.1 Å². The Hall–Kier alpha value is -0.550. The number of aliphatic hydroxyl groups is 1. The van der Waals surface area contributed by atoms with E-state index in [-0.39, 0.29) is 11.7 Å². The van der Waals surface area contributed by atoms with Gasteiger partial charge < -0.3 is 16.2 Å². The average molecular weight is 251 g/mol. The van der Waals surface area contributed by atoms with E-state index in [1.807, 2.05) is 0 Å². The Labute approximate surface area is 96.8 Å². The number of hydrogen-bond donors (Lipinski definition) is 3. The van der Waals surface area contributed by atoms with Crippen LogP contribution in [0, 0.1) is 0 Å². The largest absolute Gasteiger partial charge is 0.392 e. The second kappa shape index (κ2) is 4.79. The highest BCUT2D eigenvalue weighted by molar-refractivity contribution is 7.80. The van der Waals surface area contributed by atoms with E-state index in [4.69, 9.17) is 34.0 Å². The lowest BCUT2D eigenvalue weighted by Gasteiger charge is -2.11. The van der Waals surface area contributed by atoms with Gasteiger partial charge in [0.15, 0.2) is 5.11 Å². The highest BCUT2D eigenvalue weighted by atomic mass is 35.5. The Kier molecular flexibility index (Phi) is 3.95. The summed E-state index contributed by atoms with van der Waals surface area (Å²) in [6.07, 6.45) is 0. The van der Waals surface area contributed by atoms with Crippen LogP contribution in [0.5, 0.6) is 0 Å². The van der Waals surface area contributed by atoms with Crippen LogP contribution in [0.4, 0.5) is 5.69 Å². The minimum Gasteiger partial charge on any atom is -0.392 e. The van der Waals surface area contributed by atoms with Crippen molar-refractivity contribution in [3.8, 4) is 0 Å². The van der Waals surface area contributed by atoms with Gasteiger partial charge in [0.25, 0.3) is 0 Å². The Balaban J connectivity index is 3.18. The zero-order valence-electron chi connectivity index (χ0n) is 7.05. The summed E-state index contributed by atoms with van der Waals surface area (Å²) >= 11 is 16.3. The zero-order valence-corrected chi connectivity index (χ0v) is 9.38. The van der Waals surface area contributed by atoms with Crippen molar-refractivity contribution in [2.24, 2.45) is 5.73 Å². The second-order valence-electron chi connectivity index (χ2n) is 2.57. The Bertz CT molecular complexity index is 371. The summed E-state index contributed by atoms with van der Waals surface area (Å²) in [6, 6.07) is 3.14. The third-order valence-corrected chi connectivity index (χ3v) is 2.17. The topological polar surface area (TPSA) is 58.3 Å². The average Bonchev–Trinajstić information content (AvgIpc) is 2.08. The third-order valence-electron chi connectivity index (χ3n) is 1.56. The summed E-state index contributed by atoms with van der Waals surface area (Å²) in [5, 5.41) is 12.6. The van der Waals surface area contributed by atoms with Crippen LogP contribution in [-0.4, -0.2) is 10.2 Å². The first-order valence-corrected chi connectivity index (χ1v) is 4.86. The first-order valence-electron chi connectivity index (χ1n) is 3.70. The van der Waals surface area contributed by atoms with E-state index in [1.54, 1.807) is 12.1 Å². The predicted molar refractivity (Wildman–Crippen MR) is 62.8 cm³/mol. The maximum atomic E-state index is 9.04. The molecule has 0 atom stereocenters. The molecule has 0 heterocycles. The van der Waals surface area contributed by atoms with Crippen LogP contribution in [0.1, 0.15) is 5.56 Å². The SMILES string of the molecule is NC(=S)Nc1c(Cl)cc(Cl)cc1CO. The van der Waals surface area contributed by atoms with E-state index in [9.17, 15) is 0 Å². The van der Waals surface area contributed by atoms with Crippen molar-refractivity contribution >= 4 is 46.2 Å². The quantitative estimate of drug-likeness (QED) is 0.705. The Morgan fingerprint density at radius 3 is 2.64 bits per heavy atom. The number of thiocarbonyl (C=S) groups is 1. The summed E-state index contributed by atoms with van der Waals surface area (Å²) < 4.78 is 0. The van der Waals surface area contributed by atoms with Gasteiger partial charge in [-0.25, -0.2) is 0 Å². The fourth-order valence-electron chi connectivity index (χ4n) is 1.01. The van der Waals surface area contributed by atoms with E-state index >= 15 is 0 Å². The first kappa shape index (κ1) is 11.5. The standard InChI is InChI=1S/C8H8Cl2N2OS/c9-5-1-4(3-13)7(6(10)2-5)12-8(11)14/h1-2,13H,3H2,(H3,11,12,14). The van der Waals surface area contributed by atoms with Crippen molar-refractivity contribution in [1.82, 2.24) is 0 Å². The molecule has 1 aromatic rings. The van der Waals surface area contributed by atoms with Crippen molar-refractivity contribution < 1.29 is 5.11 Å². The summed E-state index contributed by atoms with van der Waals surface area (Å²) in [4.78, 5) is 0. The van der Waals surface area contributed by atoms with Gasteiger partial charge in [0.2, 0.25) is 0 Å². The molecule has 0 bridgehead atoms. The third kappa shape index (κ3) is 2.72. The van der Waals surface area contributed by atoms with Gasteiger partial charge in [0.1, 0.15) is 0 Å². The molecule has 6 heteroatoms. The summed E-state index contributed by atoms with van der Waals surface area (Å²) in [7, 11) is 0. The van der Waals surface area contributed by atoms with Crippen molar-refractivity contribution in [2.45, 2.75) is 6.61 Å². The highest BCUT2D eigenvalue weighted by Gasteiger charge is 2.08. The van der Waals surface area contributed by atoms with Gasteiger partial charge in [0, 0.05) is 10.6 Å². The molecule has 76 valence electrons. The number of rotatable bonds is 2. The maximum absolute atomic E-state index is 9.04. The molecule has 14 heavy (non-hydrogen) atoms. The number of anilines is 1. The van der Waals surface area contributed by atoms with E-state index < -0.39 is 0 Å². The van der Waals surface area contributed by atoms with E-state index in [0.29, 0.717) is 21.3 Å². The number of nitrogens with one attached hydrogen (secondary N) is 1. The van der Waals surface area contributed by atoms with Gasteiger partial charge in [-0.05, 0) is 24.4 Å². The molecule has 1 aromatic carbocycles. The molecule has 3 nitrogen and oxygen atoms in total. The van der Waals surface area contributed by atoms with Crippen LogP contribution in [0.25, 0.3) is 0 Å². The number of nitrogens with two attached hydrogens (primary N) is 1. The molecule has 0 aliphatic carbocycles. The van der Waals surface area contributed by atoms with Crippen LogP contribution in [0.2, 0.25) is 10.0 Å². The van der Waals surface area contributed by atoms with Crippen LogP contribution in [-0.2, 0) is 6.61 Å². The number of aliphatic hydroxyl groups excluding tert-OH is 1. The van der Waals surface area contributed by atoms with Gasteiger partial charge in [-0.3, -0.25) is 0 Å². The van der Waals surface area contributed by atoms with Crippen LogP contribution >= 0.6 is 35.4 Å². The van der Waals surface area contributed by atoms with Crippen molar-refractivity contribution in [2.75, 3.05) is 5.32 Å². The number of benzene rings is 1. The molecule has 0 aromatic heterocycles. The van der Waals surface area contributed by atoms with E-state index in [1.165, 1.54) is 0 Å². The molecule has 0 amide bonds. The normalized spacial score (nSPS) is 9.93. The van der Waals surface area contributed by atoms with Gasteiger partial charge in [-0.2, -0.15) is 0 Å². The molecule has 0 unspecified atom stereocenters. The van der Waals surface area contributed by atoms with Gasteiger partial charge >= 0.3 is 0 Å². The fraction of sp³-hybridized carbons (Fsp3) is 0.125. The highest BCUT2D eigenvalue weighted by Crippen LogP contribution is 2.30. The number of hydrogen-bond acceptors (Lipinski definition) is 2. The molecule has 0 fully saturated rings. The molecule has 4 N–H and O–H groups in total. The van der Waals surface area contributed by atoms with E-state index in [2.05, 4.69) is 17.5 Å². The molecule has 0 radical (unpaired) electrons. The number of halogens is 2. The first-order chi connectivity index (χ1) is 6.54. The lowest BCUT2D eigenvalue weighted by atomic mass is 10.2. The fourth-order valence-corrected chi connectivity index (χ4v) is 1.70. The molecule has 0 saturated heterocycles. The maximum Gasteiger partial charge on any atom is 0.168 e. The molecule has 0 saturated carbocycles. The van der Waals surface area contributed by atoms with Gasteiger partial charge in [-0.15, -0.1) is 0 Å². The summed E-state index contributed by atoms with van der Waals surface area (Å²) in [5.74, 6) is 0. The van der Waals surface area contributed by atoms with Crippen LogP contribution in [0.15, 0.2) is 12.1 Å². The van der Waals surface area contributed by atoms with Crippen molar-refractivity contribution in [3.63, 3.8) is 0 Å². The van der Waals surface area contributed by atoms with Gasteiger partial charge in [-0.1, -0.05) is 23.2 Å². The van der Waals surface area contributed by atoms with E-state index in [0.717, 1.165) is 0 Å². The van der Waals surface area contributed by atoms with Crippen LogP contribution in [0.3, 0.4) is 0 Å². The molecule has 0 aliphatic rings. The molecule has 0 spiro atoms. The van der Waals surface area contributed by atoms with Crippen molar-refractivity contribution in [3.05, 3.63) is 27.7 Å². The van der Waals surface area contributed by atoms with Gasteiger partial charge in [0.05, 0.1) is 17.3 Å². The monoisotopic (exact) mass is 250 g/mol. The minimum atomic E-state index is -0.189. The summed E-state index contributed by atoms with van der Waals surface area (Å²) in [5.41, 5.74) is 6.35. The Morgan fingerprint density at radius 1 is 1.50 bits per heavy atom. The second-order valence-corrected chi connectivity index (χ2v) is 3.85. The summed E-state index contributed by atoms with van der Waals surface area (Å²) in [6.45, 7) is -0.189. The molecular formula is C8H8Cl2N2OS. The predicted octanol–water partition coefficient (Wildman–Crippen LogP) is 2.14. The molecule has 0 aliphatic heterocycles. The lowest BCUT2D eigenvalue weighted by molar-refractivity contribution is 0.282. The molecular weight excluding hydrogens is 243 g/mol. The smallest absolute Gasteiger partial charge is 0.168 e. The van der Waals surface area contributed by atoms with Crippen molar-refractivity contribution in [1.29, 1.82) is 0 Å². The lowest BCUT2D eigenvalue weighted by Crippen LogP contribution is -2.20. The molecule has 1 rings (SSSR count).